The van der Waals surface area contributed by atoms with E-state index in [1.165, 1.54) is 13.1 Å². The highest BCUT2D eigenvalue weighted by Gasteiger charge is 2.30. The van der Waals surface area contributed by atoms with E-state index in [0.29, 0.717) is 6.20 Å². The van der Waals surface area contributed by atoms with E-state index in [-0.39, 0.29) is 17.9 Å². The van der Waals surface area contributed by atoms with Crippen LogP contribution in [0, 0.1) is 0 Å². The monoisotopic (exact) mass is 343 g/mol. The molecule has 0 fully saturated rings. The van der Waals surface area contributed by atoms with Crippen molar-refractivity contribution in [1.82, 2.24) is 25.3 Å². The van der Waals surface area contributed by atoms with Crippen molar-refractivity contribution in [2.75, 3.05) is 0 Å². The van der Waals surface area contributed by atoms with E-state index in [1.54, 1.807) is 0 Å². The first-order valence-electron chi connectivity index (χ1n) is 6.65. The van der Waals surface area contributed by atoms with Gasteiger partial charge in [-0.05, 0) is 19.1 Å². The lowest BCUT2D eigenvalue weighted by Crippen LogP contribution is -2.34. The molecule has 1 atom stereocenters. The van der Waals surface area contributed by atoms with Crippen molar-refractivity contribution in [3.63, 3.8) is 0 Å². The van der Waals surface area contributed by atoms with Crippen LogP contribution < -0.4 is 5.32 Å². The van der Waals surface area contributed by atoms with Crippen LogP contribution in [0.2, 0.25) is 0 Å². The Morgan fingerprint density at radius 1 is 1.38 bits per heavy atom. The molecule has 0 aliphatic carbocycles. The molecule has 0 radical (unpaired) electrons. The number of carboxylic acids is 1. The lowest BCUT2D eigenvalue weighted by Gasteiger charge is -2.09. The highest BCUT2D eigenvalue weighted by Crippen LogP contribution is 2.28. The zero-order chi connectivity index (χ0) is 17.9. The molecule has 2 aromatic rings. The fraction of sp³-hybridized carbons (Fsp3) is 0.308. The number of pyridine rings is 1. The summed E-state index contributed by atoms with van der Waals surface area (Å²) in [5.41, 5.74) is -1.03. The number of aliphatic carboxylic acids is 1. The topological polar surface area (TPSA) is 110 Å². The molecule has 24 heavy (non-hydrogen) atoms. The average Bonchev–Trinajstić information content (AvgIpc) is 2.95. The van der Waals surface area contributed by atoms with E-state index >= 15 is 0 Å². The van der Waals surface area contributed by atoms with Gasteiger partial charge in [-0.2, -0.15) is 13.2 Å². The molecule has 2 heterocycles. The van der Waals surface area contributed by atoms with Crippen LogP contribution in [0.1, 0.15) is 29.4 Å². The number of alkyl halides is 3. The molecule has 0 saturated heterocycles. The van der Waals surface area contributed by atoms with Crippen molar-refractivity contribution in [3.05, 3.63) is 35.8 Å². The summed E-state index contributed by atoms with van der Waals surface area (Å²) in [6, 6.07) is 1.30. The molecule has 0 aromatic carbocycles. The zero-order valence-electron chi connectivity index (χ0n) is 12.3. The number of carboxylic acid groups (broad SMARTS) is 1. The van der Waals surface area contributed by atoms with Crippen LogP contribution in [0.4, 0.5) is 13.2 Å². The molecule has 2 rings (SSSR count). The van der Waals surface area contributed by atoms with Gasteiger partial charge in [0.1, 0.15) is 0 Å². The predicted octanol–water partition coefficient (Wildman–Crippen LogP) is 1.27. The van der Waals surface area contributed by atoms with Gasteiger partial charge in [0.25, 0.3) is 5.91 Å². The molecule has 0 bridgehead atoms. The maximum absolute atomic E-state index is 12.5. The van der Waals surface area contributed by atoms with E-state index in [0.717, 1.165) is 16.8 Å². The number of nitrogens with one attached hydrogen (secondary N) is 1. The maximum atomic E-state index is 12.5. The highest BCUT2D eigenvalue weighted by molar-refractivity contribution is 5.92. The third kappa shape index (κ3) is 4.27. The average molecular weight is 343 g/mol. The van der Waals surface area contributed by atoms with Crippen molar-refractivity contribution in [2.24, 2.45) is 0 Å². The Balaban J connectivity index is 2.10. The van der Waals surface area contributed by atoms with Gasteiger partial charge in [-0.25, -0.2) is 9.67 Å². The first-order valence-corrected chi connectivity index (χ1v) is 6.65. The molecule has 1 unspecified atom stereocenters. The molecule has 0 aliphatic rings. The summed E-state index contributed by atoms with van der Waals surface area (Å²) in [6.07, 6.45) is -2.94. The number of carbonyl (C=O) groups excluding carboxylic acids is 1. The first kappa shape index (κ1) is 17.4. The number of hydrogen-bond donors (Lipinski definition) is 2. The van der Waals surface area contributed by atoms with Crippen molar-refractivity contribution in [1.29, 1.82) is 0 Å². The van der Waals surface area contributed by atoms with Gasteiger partial charge in [0.05, 0.1) is 18.2 Å². The predicted molar refractivity (Wildman–Crippen MR) is 73.3 cm³/mol. The number of halogens is 3. The largest absolute Gasteiger partial charge is 0.481 e. The summed E-state index contributed by atoms with van der Waals surface area (Å²) in [4.78, 5) is 26.0. The van der Waals surface area contributed by atoms with Crippen LogP contribution in [0.25, 0.3) is 5.82 Å². The Labute approximate surface area is 133 Å². The third-order valence-corrected chi connectivity index (χ3v) is 2.89. The Kier molecular flexibility index (Phi) is 4.81. The zero-order valence-corrected chi connectivity index (χ0v) is 12.3. The molecule has 0 saturated carbocycles. The summed E-state index contributed by atoms with van der Waals surface area (Å²) in [7, 11) is 0. The highest BCUT2D eigenvalue weighted by atomic mass is 19.4. The maximum Gasteiger partial charge on any atom is 0.417 e. The fourth-order valence-corrected chi connectivity index (χ4v) is 1.78. The molecule has 2 aromatic heterocycles. The van der Waals surface area contributed by atoms with Crippen molar-refractivity contribution in [2.45, 2.75) is 25.6 Å². The van der Waals surface area contributed by atoms with Gasteiger partial charge >= 0.3 is 12.1 Å². The molecule has 11 heteroatoms. The summed E-state index contributed by atoms with van der Waals surface area (Å²) in [6.45, 7) is 1.51. The molecule has 0 aliphatic heterocycles. The quantitative estimate of drug-likeness (QED) is 0.846. The lowest BCUT2D eigenvalue weighted by atomic mass is 10.2. The molecule has 0 spiro atoms. The van der Waals surface area contributed by atoms with Crippen molar-refractivity contribution in [3.8, 4) is 5.82 Å². The fourth-order valence-electron chi connectivity index (χ4n) is 1.78. The molecule has 8 nitrogen and oxygen atoms in total. The second-order valence-electron chi connectivity index (χ2n) is 4.92. The number of rotatable bonds is 5. The van der Waals surface area contributed by atoms with Crippen molar-refractivity contribution < 1.29 is 27.9 Å². The summed E-state index contributed by atoms with van der Waals surface area (Å²) < 4.78 is 38.5. The van der Waals surface area contributed by atoms with Gasteiger partial charge in [-0.1, -0.05) is 5.21 Å². The Hall–Kier alpha value is -2.98. The minimum Gasteiger partial charge on any atom is -0.481 e. The van der Waals surface area contributed by atoms with Crippen LogP contribution in [-0.4, -0.2) is 43.0 Å². The van der Waals surface area contributed by atoms with Crippen molar-refractivity contribution >= 4 is 11.9 Å². The van der Waals surface area contributed by atoms with Crippen LogP contribution in [0.5, 0.6) is 0 Å². The van der Waals surface area contributed by atoms with E-state index in [1.807, 2.05) is 0 Å². The molecule has 128 valence electrons. The van der Waals surface area contributed by atoms with E-state index < -0.39 is 29.7 Å². The van der Waals surface area contributed by atoms with Gasteiger partial charge < -0.3 is 10.4 Å². The molecular weight excluding hydrogens is 331 g/mol. The smallest absolute Gasteiger partial charge is 0.417 e. The standard InChI is InChI=1S/C13H12F3N5O3/c1-7(4-11(22)23)18-12(24)9-6-21(20-19-9)10-3-2-8(5-17-10)13(14,15)16/h2-3,5-7H,4H2,1H3,(H,18,24)(H,22,23). The minimum absolute atomic E-state index is 0.0492. The lowest BCUT2D eigenvalue weighted by molar-refractivity contribution is -0.138. The minimum atomic E-state index is -4.50. The van der Waals surface area contributed by atoms with Crippen LogP contribution in [0.3, 0.4) is 0 Å². The van der Waals surface area contributed by atoms with Crippen LogP contribution >= 0.6 is 0 Å². The summed E-state index contributed by atoms with van der Waals surface area (Å²) >= 11 is 0. The first-order chi connectivity index (χ1) is 11.2. The summed E-state index contributed by atoms with van der Waals surface area (Å²) in [5.74, 6) is -1.67. The second-order valence-corrected chi connectivity index (χ2v) is 4.92. The Morgan fingerprint density at radius 3 is 2.62 bits per heavy atom. The van der Waals surface area contributed by atoms with Crippen LogP contribution in [-0.2, 0) is 11.0 Å². The van der Waals surface area contributed by atoms with E-state index in [9.17, 15) is 22.8 Å². The number of nitrogens with zero attached hydrogens (tertiary/aromatic N) is 4. The Bertz CT molecular complexity index is 742. The number of amides is 1. The van der Waals surface area contributed by atoms with Gasteiger partial charge in [-0.3, -0.25) is 9.59 Å². The van der Waals surface area contributed by atoms with Crippen LogP contribution in [0.15, 0.2) is 24.5 Å². The molecule has 2 N–H and O–H groups in total. The number of carbonyl (C=O) groups is 2. The third-order valence-electron chi connectivity index (χ3n) is 2.89. The van der Waals surface area contributed by atoms with E-state index in [4.69, 9.17) is 5.11 Å². The van der Waals surface area contributed by atoms with Gasteiger partial charge in [0.2, 0.25) is 0 Å². The van der Waals surface area contributed by atoms with Gasteiger partial charge in [0, 0.05) is 12.2 Å². The van der Waals surface area contributed by atoms with Gasteiger partial charge in [-0.15, -0.1) is 5.10 Å². The van der Waals surface area contributed by atoms with E-state index in [2.05, 4.69) is 20.6 Å². The normalized spacial score (nSPS) is 12.7. The second kappa shape index (κ2) is 6.64. The SMILES string of the molecule is CC(CC(=O)O)NC(=O)c1cn(-c2ccc(C(F)(F)F)cn2)nn1. The van der Waals surface area contributed by atoms with Gasteiger partial charge in [0.15, 0.2) is 11.5 Å². The molecule has 1 amide bonds. The number of aromatic nitrogens is 4. The summed E-state index contributed by atoms with van der Waals surface area (Å²) in [5, 5.41) is 18.2. The molecular formula is C13H12F3N5O3. The number of hydrogen-bond acceptors (Lipinski definition) is 5. The Morgan fingerprint density at radius 2 is 2.08 bits per heavy atom.